The van der Waals surface area contributed by atoms with E-state index in [1.165, 1.54) is 0 Å². The Bertz CT molecular complexity index is 1090. The van der Waals surface area contributed by atoms with Gasteiger partial charge in [0, 0.05) is 11.8 Å². The van der Waals surface area contributed by atoms with Crippen LogP contribution in [0.1, 0.15) is 61.8 Å². The molecule has 1 aromatic rings. The highest BCUT2D eigenvalue weighted by Gasteiger charge is 2.67. The van der Waals surface area contributed by atoms with Crippen molar-refractivity contribution in [1.29, 1.82) is 0 Å². The molecule has 10 nitrogen and oxygen atoms in total. The molecule has 10 heteroatoms. The molecule has 0 aromatic heterocycles. The molecule has 204 valence electrons. The summed E-state index contributed by atoms with van der Waals surface area (Å²) in [6.45, 7) is 12.6. The maximum atomic E-state index is 13.6. The molecule has 4 saturated heterocycles. The van der Waals surface area contributed by atoms with Gasteiger partial charge in [-0.3, -0.25) is 4.90 Å². The lowest BCUT2D eigenvalue weighted by atomic mass is 9.90. The highest BCUT2D eigenvalue weighted by atomic mass is 16.9. The van der Waals surface area contributed by atoms with Gasteiger partial charge in [-0.15, -0.1) is 0 Å². The number of rotatable bonds is 4. The minimum atomic E-state index is -2.23. The van der Waals surface area contributed by atoms with Gasteiger partial charge in [0.25, 0.3) is 0 Å². The number of hydrogen-bond acceptors (Lipinski definition) is 9. The monoisotopic (exact) mass is 520 g/mol. The van der Waals surface area contributed by atoms with Crippen LogP contribution in [0.4, 0.5) is 4.79 Å². The number of amides is 1. The Hall–Kier alpha value is -2.24. The molecule has 0 aliphatic carbocycles. The van der Waals surface area contributed by atoms with Crippen LogP contribution < -0.4 is 0 Å². The Morgan fingerprint density at radius 3 is 2.49 bits per heavy atom. The van der Waals surface area contributed by atoms with Crippen LogP contribution in [0.3, 0.4) is 0 Å². The Morgan fingerprint density at radius 1 is 1.11 bits per heavy atom. The van der Waals surface area contributed by atoms with Gasteiger partial charge < -0.3 is 33.2 Å². The van der Waals surface area contributed by atoms with Crippen LogP contribution >= 0.6 is 0 Å². The van der Waals surface area contributed by atoms with E-state index in [4.69, 9.17) is 33.2 Å². The van der Waals surface area contributed by atoms with Crippen molar-refractivity contribution in [3.05, 3.63) is 35.9 Å². The molecule has 0 unspecified atom stereocenters. The van der Waals surface area contributed by atoms with Gasteiger partial charge in [-0.2, -0.15) is 0 Å². The minimum Gasteiger partial charge on any atom is -0.444 e. The van der Waals surface area contributed by atoms with Crippen LogP contribution in [0.5, 0.6) is 0 Å². The Morgan fingerprint density at radius 2 is 1.81 bits per heavy atom. The molecule has 4 aliphatic rings. The zero-order chi connectivity index (χ0) is 27.7. The maximum Gasteiger partial charge on any atom is 0.413 e. The van der Waals surface area contributed by atoms with Crippen molar-refractivity contribution in [2.24, 2.45) is 5.41 Å². The van der Waals surface area contributed by atoms with E-state index in [2.05, 4.69) is 0 Å². The predicted molar refractivity (Wildman–Crippen MR) is 129 cm³/mol. The third-order valence-electron chi connectivity index (χ3n) is 6.81. The smallest absolute Gasteiger partial charge is 0.413 e. The van der Waals surface area contributed by atoms with Crippen LogP contribution in [-0.2, 0) is 44.6 Å². The molecule has 6 atom stereocenters. The summed E-state index contributed by atoms with van der Waals surface area (Å²) < 4.78 is 51.6. The van der Waals surface area contributed by atoms with Crippen molar-refractivity contribution in [2.45, 2.75) is 109 Å². The van der Waals surface area contributed by atoms with E-state index in [1.54, 1.807) is 27.7 Å². The number of fused-ring (bicyclic) bond motifs is 3. The van der Waals surface area contributed by atoms with E-state index in [0.29, 0.717) is 0 Å². The zero-order valence-corrected chi connectivity index (χ0v) is 22.4. The molecule has 37 heavy (non-hydrogen) atoms. The van der Waals surface area contributed by atoms with Crippen LogP contribution in [0.2, 0.25) is 0 Å². The highest BCUT2D eigenvalue weighted by molar-refractivity contribution is 5.84. The van der Waals surface area contributed by atoms with E-state index >= 15 is 0 Å². The highest BCUT2D eigenvalue weighted by Crippen LogP contribution is 2.50. The Labute approximate surface area is 218 Å². The molecule has 0 spiro atoms. The number of hydrogen-bond donors (Lipinski definition) is 0. The molecule has 0 radical (unpaired) electrons. The molecule has 5 rings (SSSR count). The molecule has 0 N–H and O–H groups in total. The van der Waals surface area contributed by atoms with Crippen LogP contribution in [-0.4, -0.2) is 71.5 Å². The van der Waals surface area contributed by atoms with Crippen LogP contribution in [0, 0.1) is 5.41 Å². The lowest BCUT2D eigenvalue weighted by Crippen LogP contribution is -2.61. The van der Waals surface area contributed by atoms with Crippen LogP contribution in [0.25, 0.3) is 0 Å². The zero-order valence-electron chi connectivity index (χ0n) is 23.4. The SMILES string of the molecule is [2H][C@]1(C[C@@]23OC[C@H]4OC(C)(C)O[C@H]4[C@@H]2OC(C)(C)O3)C(=O)O[C@@H](C(C)(C)C)N1C(=O)OCc1ccccc1. The fourth-order valence-corrected chi connectivity index (χ4v) is 5.39. The second-order valence-corrected chi connectivity index (χ2v) is 12.0. The third kappa shape index (κ3) is 4.97. The molecule has 4 aliphatic heterocycles. The first-order valence-electron chi connectivity index (χ1n) is 13.1. The summed E-state index contributed by atoms with van der Waals surface area (Å²) in [5.74, 6) is -4.47. The first-order chi connectivity index (χ1) is 17.6. The van der Waals surface area contributed by atoms with Gasteiger partial charge in [-0.05, 0) is 33.3 Å². The Kier molecular flexibility index (Phi) is 6.04. The first-order valence-corrected chi connectivity index (χ1v) is 12.6. The molecule has 1 aromatic carbocycles. The number of ether oxygens (including phenoxy) is 7. The van der Waals surface area contributed by atoms with E-state index < -0.39 is 65.4 Å². The molecule has 0 bridgehead atoms. The number of esters is 1. The van der Waals surface area contributed by atoms with Gasteiger partial charge in [0.05, 0.1) is 7.98 Å². The number of benzene rings is 1. The maximum absolute atomic E-state index is 13.6. The molecular weight excluding hydrogens is 482 g/mol. The number of cyclic esters (lactones) is 1. The summed E-state index contributed by atoms with van der Waals surface area (Å²) in [6.07, 6.45) is -4.11. The minimum absolute atomic E-state index is 0.0295. The molecule has 4 fully saturated rings. The lowest BCUT2D eigenvalue weighted by Gasteiger charge is -2.42. The first kappa shape index (κ1) is 25.1. The van der Waals surface area contributed by atoms with Gasteiger partial charge >= 0.3 is 12.1 Å². The van der Waals surface area contributed by atoms with Gasteiger partial charge in [-0.1, -0.05) is 51.1 Å². The summed E-state index contributed by atoms with van der Waals surface area (Å²) in [4.78, 5) is 28.0. The second kappa shape index (κ2) is 8.91. The van der Waals surface area contributed by atoms with E-state index in [9.17, 15) is 11.0 Å². The van der Waals surface area contributed by atoms with Crippen molar-refractivity contribution < 1.29 is 44.1 Å². The number of carbonyl (C=O) groups excluding carboxylic acids is 2. The third-order valence-corrected chi connectivity index (χ3v) is 6.81. The predicted octanol–water partition coefficient (Wildman–Crippen LogP) is 3.71. The summed E-state index contributed by atoms with van der Waals surface area (Å²) in [7, 11) is 0. The normalized spacial score (nSPS) is 38.5. The van der Waals surface area contributed by atoms with Gasteiger partial charge in [0.15, 0.2) is 17.8 Å². The van der Waals surface area contributed by atoms with E-state index in [-0.39, 0.29) is 19.6 Å². The largest absolute Gasteiger partial charge is 0.444 e. The molecule has 1 amide bonds. The van der Waals surface area contributed by atoms with Crippen molar-refractivity contribution >= 4 is 12.1 Å². The fraction of sp³-hybridized carbons (Fsp3) is 0.704. The summed E-state index contributed by atoms with van der Waals surface area (Å²) in [5, 5.41) is 0. The average molecular weight is 521 g/mol. The van der Waals surface area contributed by atoms with E-state index in [0.717, 1.165) is 10.5 Å². The van der Waals surface area contributed by atoms with Gasteiger partial charge in [-0.25, -0.2) is 9.59 Å². The van der Waals surface area contributed by atoms with Gasteiger partial charge in [0.1, 0.15) is 30.9 Å². The summed E-state index contributed by atoms with van der Waals surface area (Å²) in [6, 6.07) is 6.94. The van der Waals surface area contributed by atoms with Crippen molar-refractivity contribution in [3.8, 4) is 0 Å². The lowest BCUT2D eigenvalue weighted by molar-refractivity contribution is -0.287. The average Bonchev–Trinajstić information content (AvgIpc) is 3.37. The summed E-state index contributed by atoms with van der Waals surface area (Å²) >= 11 is 0. The molecule has 4 heterocycles. The second-order valence-electron chi connectivity index (χ2n) is 12.0. The van der Waals surface area contributed by atoms with Crippen molar-refractivity contribution in [1.82, 2.24) is 4.90 Å². The standard InChI is InChI=1S/C27H37NO9/c1-24(2,3)22-28(23(30)31-14-16-11-9-8-10-12-16)17(21(29)33-22)13-27-20(36-26(6,7)37-27)19-18(15-32-27)34-25(4,5)35-19/h8-12,17-20,22H,13-15H2,1-7H3/t17-,18+,19+,20-,22-,27-/m0/s1/i17D. The molecular formula is C27H37NO9. The number of nitrogens with zero attached hydrogens (tertiary/aromatic N) is 1. The van der Waals surface area contributed by atoms with E-state index in [1.807, 2.05) is 51.1 Å². The fourth-order valence-electron chi connectivity index (χ4n) is 5.39. The molecule has 0 saturated carbocycles. The number of carbonyl (C=O) groups is 2. The van der Waals surface area contributed by atoms with Crippen molar-refractivity contribution in [3.63, 3.8) is 0 Å². The topological polar surface area (TPSA) is 102 Å². The van der Waals surface area contributed by atoms with Gasteiger partial charge in [0.2, 0.25) is 5.79 Å². The van der Waals surface area contributed by atoms with Crippen LogP contribution in [0.15, 0.2) is 30.3 Å². The van der Waals surface area contributed by atoms with Crippen molar-refractivity contribution in [2.75, 3.05) is 6.61 Å². The summed E-state index contributed by atoms with van der Waals surface area (Å²) in [5.41, 5.74) is 0.0595. The Balaban J connectivity index is 1.48. The quantitative estimate of drug-likeness (QED) is 0.550.